The molecule has 216 valence electrons. The van der Waals surface area contributed by atoms with E-state index in [1.54, 1.807) is 0 Å². The van der Waals surface area contributed by atoms with Crippen LogP contribution >= 0.6 is 0 Å². The molecule has 0 aromatic heterocycles. The molecule has 0 aliphatic heterocycles. The Balaban J connectivity index is 0. The maximum atomic E-state index is 12.4. The Hall–Kier alpha value is -0.810. The van der Waals surface area contributed by atoms with Crippen molar-refractivity contribution in [3.05, 3.63) is 0 Å². The van der Waals surface area contributed by atoms with E-state index in [1.807, 2.05) is 13.8 Å². The van der Waals surface area contributed by atoms with Gasteiger partial charge >= 0.3 is 0 Å². The van der Waals surface area contributed by atoms with Gasteiger partial charge in [0.1, 0.15) is 0 Å². The zero-order valence-corrected chi connectivity index (χ0v) is 25.7. The van der Waals surface area contributed by atoms with Crippen LogP contribution < -0.4 is 23.0 Å². The van der Waals surface area contributed by atoms with Crippen LogP contribution in [0.25, 0.3) is 0 Å². The molecule has 0 spiro atoms. The van der Waals surface area contributed by atoms with Gasteiger partial charge in [0.25, 0.3) is 0 Å². The highest BCUT2D eigenvalue weighted by molar-refractivity contribution is 5.76. The van der Waals surface area contributed by atoms with E-state index in [-0.39, 0.29) is 36.6 Å². The molecule has 0 fully saturated rings. The summed E-state index contributed by atoms with van der Waals surface area (Å²) in [6.07, 6.45) is 23.8. The molecule has 0 aromatic rings. The van der Waals surface area contributed by atoms with E-state index in [0.717, 1.165) is 25.7 Å². The Kier molecular flexibility index (Phi) is 25.4. The molecule has 2 atom stereocenters. The number of halogens is 1. The minimum absolute atomic E-state index is 0. The standard InChI is InChI=1S/C30H61N3O2.ClH/c1-7-9-11-13-15-17-19-21-23-25-29(34)31-27(3)33(5,6)28(4)32-30(35)26-24-22-20-18-16-14-12-10-8-2;/h27-28H,7-26H2,1-6H3,(H-,31,32,34,35);1H. The van der Waals surface area contributed by atoms with Gasteiger partial charge in [-0.2, -0.15) is 0 Å². The predicted molar refractivity (Wildman–Crippen MR) is 151 cm³/mol. The first-order chi connectivity index (χ1) is 16.8. The second kappa shape index (κ2) is 24.5. The van der Waals surface area contributed by atoms with E-state index < -0.39 is 0 Å². The summed E-state index contributed by atoms with van der Waals surface area (Å²) >= 11 is 0. The summed E-state index contributed by atoms with van der Waals surface area (Å²) in [6.45, 7) is 8.58. The van der Waals surface area contributed by atoms with Crippen molar-refractivity contribution in [1.29, 1.82) is 0 Å². The van der Waals surface area contributed by atoms with Gasteiger partial charge in [0.2, 0.25) is 11.8 Å². The summed E-state index contributed by atoms with van der Waals surface area (Å²) in [5, 5.41) is 6.33. The average Bonchev–Trinajstić information content (AvgIpc) is 2.81. The van der Waals surface area contributed by atoms with Crippen LogP contribution in [0.5, 0.6) is 0 Å². The zero-order valence-electron chi connectivity index (χ0n) is 24.9. The quantitative estimate of drug-likeness (QED) is 0.106. The van der Waals surface area contributed by atoms with Crippen LogP contribution in [0.1, 0.15) is 156 Å². The molecule has 2 N–H and O–H groups in total. The lowest BCUT2D eigenvalue weighted by Crippen LogP contribution is -3.00. The fourth-order valence-electron chi connectivity index (χ4n) is 4.47. The Labute approximate surface area is 231 Å². The third kappa shape index (κ3) is 20.3. The number of hydrogen-bond acceptors (Lipinski definition) is 2. The number of carbonyl (C=O) groups excluding carboxylic acids is 2. The van der Waals surface area contributed by atoms with Gasteiger partial charge in [-0.15, -0.1) is 0 Å². The maximum Gasteiger partial charge on any atom is 0.224 e. The molecule has 0 radical (unpaired) electrons. The number of hydrogen-bond donors (Lipinski definition) is 2. The summed E-state index contributed by atoms with van der Waals surface area (Å²) in [4.78, 5) is 24.9. The van der Waals surface area contributed by atoms with E-state index >= 15 is 0 Å². The summed E-state index contributed by atoms with van der Waals surface area (Å²) in [5.41, 5.74) is 0. The van der Waals surface area contributed by atoms with Crippen molar-refractivity contribution in [2.75, 3.05) is 14.1 Å². The van der Waals surface area contributed by atoms with E-state index in [0.29, 0.717) is 17.3 Å². The van der Waals surface area contributed by atoms with Gasteiger partial charge in [0.05, 0.1) is 14.1 Å². The Morgan fingerprint density at radius 1 is 0.528 bits per heavy atom. The van der Waals surface area contributed by atoms with Crippen LogP contribution in [-0.2, 0) is 9.59 Å². The fourth-order valence-corrected chi connectivity index (χ4v) is 4.47. The first kappa shape index (κ1) is 37.3. The van der Waals surface area contributed by atoms with Gasteiger partial charge < -0.3 is 23.0 Å². The number of nitrogens with zero attached hydrogens (tertiary/aromatic N) is 1. The molecule has 2 unspecified atom stereocenters. The van der Waals surface area contributed by atoms with Crippen LogP contribution in [0.3, 0.4) is 0 Å². The first-order valence-corrected chi connectivity index (χ1v) is 15.2. The first-order valence-electron chi connectivity index (χ1n) is 15.2. The molecule has 0 heterocycles. The molecule has 0 saturated heterocycles. The number of amides is 2. The van der Waals surface area contributed by atoms with Crippen LogP contribution in [-0.4, -0.2) is 42.7 Å². The Bertz CT molecular complexity index is 484. The molecule has 0 bridgehead atoms. The van der Waals surface area contributed by atoms with Crippen molar-refractivity contribution >= 4 is 11.8 Å². The monoisotopic (exact) mass is 531 g/mol. The predicted octanol–water partition coefficient (Wildman–Crippen LogP) is 4.83. The molecule has 0 aliphatic rings. The number of unbranched alkanes of at least 4 members (excludes halogenated alkanes) is 16. The summed E-state index contributed by atoms with van der Waals surface area (Å²) in [6, 6.07) is 0. The third-order valence-corrected chi connectivity index (χ3v) is 7.75. The summed E-state index contributed by atoms with van der Waals surface area (Å²) in [7, 11) is 4.15. The number of carbonyl (C=O) groups is 2. The second-order valence-corrected chi connectivity index (χ2v) is 11.3. The van der Waals surface area contributed by atoms with Gasteiger partial charge in [0, 0.05) is 26.7 Å². The van der Waals surface area contributed by atoms with Crippen LogP contribution in [0, 0.1) is 0 Å². The minimum Gasteiger partial charge on any atom is -1.00 e. The van der Waals surface area contributed by atoms with E-state index in [1.165, 1.54) is 89.9 Å². The van der Waals surface area contributed by atoms with Gasteiger partial charge in [-0.1, -0.05) is 117 Å². The lowest BCUT2D eigenvalue weighted by atomic mass is 10.1. The Morgan fingerprint density at radius 3 is 1.06 bits per heavy atom. The van der Waals surface area contributed by atoms with Crippen molar-refractivity contribution in [1.82, 2.24) is 10.6 Å². The molecule has 2 amide bonds. The highest BCUT2D eigenvalue weighted by Crippen LogP contribution is 2.14. The van der Waals surface area contributed by atoms with E-state index in [4.69, 9.17) is 0 Å². The number of nitrogens with one attached hydrogen (secondary N) is 2. The molecule has 0 rings (SSSR count). The average molecular weight is 532 g/mol. The van der Waals surface area contributed by atoms with Crippen molar-refractivity contribution < 1.29 is 26.5 Å². The SMILES string of the molecule is CCCCCCCCCCCC(=O)NC(C)[N+](C)(C)C(C)NC(=O)CCCCCCCCCCC.[Cl-]. The molecule has 0 aromatic carbocycles. The summed E-state index contributed by atoms with van der Waals surface area (Å²) in [5.74, 6) is 0.250. The largest absolute Gasteiger partial charge is 1.00 e. The molecule has 6 heteroatoms. The topological polar surface area (TPSA) is 58.2 Å². The Morgan fingerprint density at radius 2 is 0.778 bits per heavy atom. The normalized spacial score (nSPS) is 13.1. The number of quaternary nitrogens is 1. The van der Waals surface area contributed by atoms with Gasteiger partial charge in [-0.25, -0.2) is 0 Å². The van der Waals surface area contributed by atoms with Crippen molar-refractivity contribution in [3.8, 4) is 0 Å². The molecule has 36 heavy (non-hydrogen) atoms. The summed E-state index contributed by atoms with van der Waals surface area (Å²) < 4.78 is 0.535. The minimum atomic E-state index is -0.0518. The second-order valence-electron chi connectivity index (χ2n) is 11.3. The van der Waals surface area contributed by atoms with Crippen molar-refractivity contribution in [3.63, 3.8) is 0 Å². The van der Waals surface area contributed by atoms with E-state index in [9.17, 15) is 9.59 Å². The molecule has 0 saturated carbocycles. The van der Waals surface area contributed by atoms with Gasteiger partial charge in [-0.3, -0.25) is 14.1 Å². The van der Waals surface area contributed by atoms with E-state index in [2.05, 4.69) is 38.6 Å². The maximum absolute atomic E-state index is 12.4. The lowest BCUT2D eigenvalue weighted by molar-refractivity contribution is -0.939. The van der Waals surface area contributed by atoms with Crippen molar-refractivity contribution in [2.45, 2.75) is 168 Å². The van der Waals surface area contributed by atoms with Gasteiger partial charge in [-0.05, 0) is 12.8 Å². The lowest BCUT2D eigenvalue weighted by Gasteiger charge is -2.41. The zero-order chi connectivity index (χ0) is 26.4. The van der Waals surface area contributed by atoms with Crippen LogP contribution in [0.15, 0.2) is 0 Å². The molecular formula is C30H62ClN3O2. The molecular weight excluding hydrogens is 470 g/mol. The van der Waals surface area contributed by atoms with Crippen molar-refractivity contribution in [2.24, 2.45) is 0 Å². The smallest absolute Gasteiger partial charge is 0.224 e. The highest BCUT2D eigenvalue weighted by atomic mass is 35.5. The fraction of sp³-hybridized carbons (Fsp3) is 0.933. The molecule has 0 aliphatic carbocycles. The van der Waals surface area contributed by atoms with Crippen LogP contribution in [0.2, 0.25) is 0 Å². The van der Waals surface area contributed by atoms with Gasteiger partial charge in [0.15, 0.2) is 12.3 Å². The van der Waals surface area contributed by atoms with Crippen LogP contribution in [0.4, 0.5) is 0 Å². The molecule has 5 nitrogen and oxygen atoms in total. The highest BCUT2D eigenvalue weighted by Gasteiger charge is 2.32. The third-order valence-electron chi connectivity index (χ3n) is 7.75. The number of rotatable bonds is 24.